The Bertz CT molecular complexity index is 822. The summed E-state index contributed by atoms with van der Waals surface area (Å²) in [6, 6.07) is 4.92. The summed E-state index contributed by atoms with van der Waals surface area (Å²) in [7, 11) is -1.96. The average Bonchev–Trinajstić information content (AvgIpc) is 2.93. The monoisotopic (exact) mass is 350 g/mol. The van der Waals surface area contributed by atoms with Gasteiger partial charge in [0.2, 0.25) is 10.0 Å². The van der Waals surface area contributed by atoms with Crippen molar-refractivity contribution in [1.82, 2.24) is 13.9 Å². The van der Waals surface area contributed by atoms with E-state index in [1.54, 1.807) is 33.2 Å². The van der Waals surface area contributed by atoms with E-state index >= 15 is 0 Å². The highest BCUT2D eigenvalue weighted by atomic mass is 32.2. The van der Waals surface area contributed by atoms with Crippen LogP contribution in [0.4, 0.5) is 5.82 Å². The summed E-state index contributed by atoms with van der Waals surface area (Å²) in [5.74, 6) is 0.00907. The summed E-state index contributed by atoms with van der Waals surface area (Å²) < 4.78 is 27.9. The second-order valence-electron chi connectivity index (χ2n) is 5.44. The van der Waals surface area contributed by atoms with E-state index < -0.39 is 15.9 Å². The van der Waals surface area contributed by atoms with Gasteiger partial charge in [-0.3, -0.25) is 4.79 Å². The van der Waals surface area contributed by atoms with Crippen LogP contribution in [0.1, 0.15) is 29.9 Å². The normalized spacial score (nSPS) is 11.7. The van der Waals surface area contributed by atoms with Crippen molar-refractivity contribution < 1.29 is 13.2 Å². The molecular formula is C16H22N4O3S. The van der Waals surface area contributed by atoms with Crippen LogP contribution in [0.15, 0.2) is 35.5 Å². The fourth-order valence-electron chi connectivity index (χ4n) is 2.34. The molecule has 8 heteroatoms. The molecule has 0 fully saturated rings. The molecule has 1 amide bonds. The number of aromatic nitrogens is 2. The quantitative estimate of drug-likeness (QED) is 0.864. The van der Waals surface area contributed by atoms with Crippen LogP contribution in [-0.4, -0.2) is 41.3 Å². The summed E-state index contributed by atoms with van der Waals surface area (Å²) in [6.45, 7) is 6.21. The Hall–Kier alpha value is -2.19. The van der Waals surface area contributed by atoms with Crippen molar-refractivity contribution in [3.8, 4) is 0 Å². The number of aryl methyl sites for hydroxylation is 2. The van der Waals surface area contributed by atoms with E-state index in [2.05, 4.69) is 10.3 Å². The van der Waals surface area contributed by atoms with Gasteiger partial charge in [0.25, 0.3) is 5.91 Å². The number of pyridine rings is 1. The molecule has 0 unspecified atom stereocenters. The van der Waals surface area contributed by atoms with Crippen molar-refractivity contribution in [2.75, 3.05) is 18.4 Å². The molecule has 0 spiro atoms. The Labute approximate surface area is 142 Å². The van der Waals surface area contributed by atoms with Crippen LogP contribution in [0, 0.1) is 6.92 Å². The van der Waals surface area contributed by atoms with Crippen LogP contribution in [-0.2, 0) is 17.1 Å². The Balaban J connectivity index is 2.28. The molecule has 0 radical (unpaired) electrons. The smallest absolute Gasteiger partial charge is 0.273 e. The maximum Gasteiger partial charge on any atom is 0.273 e. The topological polar surface area (TPSA) is 84.3 Å². The number of nitrogens with zero attached hydrogens (tertiary/aromatic N) is 3. The third-order valence-corrected chi connectivity index (χ3v) is 5.72. The molecule has 2 rings (SSSR count). The highest BCUT2D eigenvalue weighted by molar-refractivity contribution is 7.89. The lowest BCUT2D eigenvalue weighted by Gasteiger charge is -2.17. The molecule has 0 bridgehead atoms. The first-order valence-corrected chi connectivity index (χ1v) is 9.14. The van der Waals surface area contributed by atoms with Gasteiger partial charge < -0.3 is 9.88 Å². The largest absolute Gasteiger partial charge is 0.345 e. The van der Waals surface area contributed by atoms with Gasteiger partial charge in [-0.2, -0.15) is 4.31 Å². The zero-order valence-corrected chi connectivity index (χ0v) is 15.1. The molecule has 130 valence electrons. The van der Waals surface area contributed by atoms with Crippen molar-refractivity contribution in [1.29, 1.82) is 0 Å². The minimum atomic E-state index is -3.60. The van der Waals surface area contributed by atoms with Crippen molar-refractivity contribution in [2.24, 2.45) is 7.05 Å². The molecule has 2 aromatic heterocycles. The fraction of sp³-hybridized carbons (Fsp3) is 0.375. The van der Waals surface area contributed by atoms with Crippen LogP contribution in [0.2, 0.25) is 0 Å². The number of amides is 1. The number of carbonyl (C=O) groups excluding carboxylic acids is 1. The van der Waals surface area contributed by atoms with Gasteiger partial charge >= 0.3 is 0 Å². The maximum atomic E-state index is 12.5. The molecule has 0 aliphatic heterocycles. The van der Waals surface area contributed by atoms with E-state index in [1.165, 1.54) is 21.1 Å². The van der Waals surface area contributed by atoms with Gasteiger partial charge in [-0.25, -0.2) is 13.4 Å². The Morgan fingerprint density at radius 3 is 2.50 bits per heavy atom. The molecule has 1 N–H and O–H groups in total. The van der Waals surface area contributed by atoms with Crippen LogP contribution < -0.4 is 5.32 Å². The van der Waals surface area contributed by atoms with Crippen LogP contribution in [0.5, 0.6) is 0 Å². The number of anilines is 1. The van der Waals surface area contributed by atoms with E-state index in [1.807, 2.05) is 13.0 Å². The van der Waals surface area contributed by atoms with Crippen molar-refractivity contribution in [3.63, 3.8) is 0 Å². The lowest BCUT2D eigenvalue weighted by Crippen LogP contribution is -2.30. The highest BCUT2D eigenvalue weighted by Crippen LogP contribution is 2.19. The molecule has 7 nitrogen and oxygen atoms in total. The fourth-order valence-corrected chi connectivity index (χ4v) is 3.87. The molecule has 0 aliphatic carbocycles. The first kappa shape index (κ1) is 18.2. The van der Waals surface area contributed by atoms with Gasteiger partial charge in [-0.15, -0.1) is 0 Å². The summed E-state index contributed by atoms with van der Waals surface area (Å²) in [5, 5.41) is 2.67. The summed E-state index contributed by atoms with van der Waals surface area (Å²) in [6.07, 6.45) is 3.10. The molecule has 0 atom stereocenters. The maximum absolute atomic E-state index is 12.5. The van der Waals surface area contributed by atoms with Gasteiger partial charge in [-0.1, -0.05) is 19.9 Å². The van der Waals surface area contributed by atoms with Gasteiger partial charge in [0, 0.05) is 32.5 Å². The summed E-state index contributed by atoms with van der Waals surface area (Å²) in [4.78, 5) is 16.6. The highest BCUT2D eigenvalue weighted by Gasteiger charge is 2.25. The summed E-state index contributed by atoms with van der Waals surface area (Å²) in [5.41, 5.74) is 1.24. The second-order valence-corrected chi connectivity index (χ2v) is 7.37. The van der Waals surface area contributed by atoms with Crippen LogP contribution in [0.25, 0.3) is 0 Å². The third-order valence-electron chi connectivity index (χ3n) is 3.71. The van der Waals surface area contributed by atoms with E-state index in [4.69, 9.17) is 0 Å². The van der Waals surface area contributed by atoms with Crippen LogP contribution >= 0.6 is 0 Å². The standard InChI is InChI=1S/C16H22N4O3S/c1-5-20(6-2)24(22,23)13-9-14(19(4)11-13)16(21)18-15-8-7-12(3)10-17-15/h7-11H,5-6H2,1-4H3,(H,17,18,21). The number of carbonyl (C=O) groups is 1. The van der Waals surface area contributed by atoms with Gasteiger partial charge in [0.1, 0.15) is 16.4 Å². The lowest BCUT2D eigenvalue weighted by atomic mass is 10.3. The Kier molecular flexibility index (Phi) is 5.40. The van der Waals surface area contributed by atoms with E-state index in [0.717, 1.165) is 5.56 Å². The zero-order valence-electron chi connectivity index (χ0n) is 14.3. The lowest BCUT2D eigenvalue weighted by molar-refractivity contribution is 0.101. The van der Waals surface area contributed by atoms with Crippen molar-refractivity contribution >= 4 is 21.7 Å². The SMILES string of the molecule is CCN(CC)S(=O)(=O)c1cc(C(=O)Nc2ccc(C)cn2)n(C)c1. The number of nitrogens with one attached hydrogen (secondary N) is 1. The van der Waals surface area contributed by atoms with Crippen LogP contribution in [0.3, 0.4) is 0 Å². The zero-order chi connectivity index (χ0) is 17.9. The number of sulfonamides is 1. The molecule has 0 saturated heterocycles. The Morgan fingerprint density at radius 2 is 1.96 bits per heavy atom. The average molecular weight is 350 g/mol. The number of rotatable bonds is 6. The third kappa shape index (κ3) is 3.65. The predicted molar refractivity (Wildman–Crippen MR) is 92.4 cm³/mol. The molecule has 24 heavy (non-hydrogen) atoms. The first-order valence-electron chi connectivity index (χ1n) is 7.70. The number of hydrogen-bond acceptors (Lipinski definition) is 4. The minimum absolute atomic E-state index is 0.107. The van der Waals surface area contributed by atoms with E-state index in [9.17, 15) is 13.2 Å². The van der Waals surface area contributed by atoms with Gasteiger partial charge in [-0.05, 0) is 24.6 Å². The van der Waals surface area contributed by atoms with Gasteiger partial charge in [0.05, 0.1) is 0 Å². The second kappa shape index (κ2) is 7.14. The van der Waals surface area contributed by atoms with Crippen molar-refractivity contribution in [2.45, 2.75) is 25.7 Å². The molecule has 2 aromatic rings. The molecule has 0 aliphatic rings. The summed E-state index contributed by atoms with van der Waals surface area (Å²) >= 11 is 0. The Morgan fingerprint density at radius 1 is 1.29 bits per heavy atom. The predicted octanol–water partition coefficient (Wildman–Crippen LogP) is 2.01. The molecule has 0 saturated carbocycles. The van der Waals surface area contributed by atoms with E-state index in [0.29, 0.717) is 18.9 Å². The van der Waals surface area contributed by atoms with Crippen molar-refractivity contribution in [3.05, 3.63) is 41.9 Å². The van der Waals surface area contributed by atoms with Gasteiger partial charge in [0.15, 0.2) is 0 Å². The molecule has 2 heterocycles. The molecular weight excluding hydrogens is 328 g/mol. The van der Waals surface area contributed by atoms with E-state index in [-0.39, 0.29) is 10.6 Å². The minimum Gasteiger partial charge on any atom is -0.345 e. The first-order chi connectivity index (χ1) is 11.3. The molecule has 0 aromatic carbocycles. The number of hydrogen-bond donors (Lipinski definition) is 1.